The smallest absolute Gasteiger partial charge is 0.124 e. The quantitative estimate of drug-likeness (QED) is 0.856. The third kappa shape index (κ3) is 3.58. The van der Waals surface area contributed by atoms with E-state index in [9.17, 15) is 4.39 Å². The number of rotatable bonds is 6. The van der Waals surface area contributed by atoms with E-state index >= 15 is 0 Å². The van der Waals surface area contributed by atoms with E-state index in [1.54, 1.807) is 12.1 Å². The highest BCUT2D eigenvalue weighted by Gasteiger charge is 2.12. The van der Waals surface area contributed by atoms with Crippen LogP contribution in [0.5, 0.6) is 5.75 Å². The first kappa shape index (κ1) is 14.5. The number of para-hydroxylation sites is 1. The fraction of sp³-hybridized carbons (Fsp3) is 0.294. The van der Waals surface area contributed by atoms with Gasteiger partial charge in [0, 0.05) is 11.6 Å². The van der Waals surface area contributed by atoms with Crippen molar-refractivity contribution in [3.8, 4) is 5.75 Å². The Bertz CT molecular complexity index is 535. The van der Waals surface area contributed by atoms with Gasteiger partial charge in [-0.05, 0) is 37.2 Å². The van der Waals surface area contributed by atoms with Crippen LogP contribution in [0.25, 0.3) is 0 Å². The van der Waals surface area contributed by atoms with Gasteiger partial charge in [-0.25, -0.2) is 4.39 Å². The molecule has 0 spiro atoms. The number of halogens is 1. The fourth-order valence-electron chi connectivity index (χ4n) is 2.22. The van der Waals surface area contributed by atoms with Crippen LogP contribution in [0.1, 0.15) is 30.5 Å². The first-order valence-corrected chi connectivity index (χ1v) is 6.88. The average Bonchev–Trinajstić information content (AvgIpc) is 2.49. The number of benzene rings is 2. The third-order valence-corrected chi connectivity index (χ3v) is 3.36. The Morgan fingerprint density at radius 1 is 1.10 bits per heavy atom. The van der Waals surface area contributed by atoms with E-state index in [2.05, 4.69) is 18.3 Å². The Kier molecular flexibility index (Phi) is 5.13. The molecule has 0 aliphatic rings. The van der Waals surface area contributed by atoms with E-state index in [0.29, 0.717) is 6.61 Å². The first-order chi connectivity index (χ1) is 9.74. The summed E-state index contributed by atoms with van der Waals surface area (Å²) in [6.07, 6.45) is 0.993. The summed E-state index contributed by atoms with van der Waals surface area (Å²) in [6.45, 7) is 2.58. The molecule has 1 unspecified atom stereocenters. The van der Waals surface area contributed by atoms with Crippen molar-refractivity contribution in [2.45, 2.75) is 26.0 Å². The van der Waals surface area contributed by atoms with Crippen molar-refractivity contribution in [2.75, 3.05) is 7.05 Å². The molecule has 20 heavy (non-hydrogen) atoms. The lowest BCUT2D eigenvalue weighted by molar-refractivity contribution is 0.299. The molecule has 2 aromatic carbocycles. The molecule has 3 heteroatoms. The Hall–Kier alpha value is -1.87. The largest absolute Gasteiger partial charge is 0.489 e. The molecule has 0 aliphatic heterocycles. The molecule has 0 aliphatic carbocycles. The highest BCUT2D eigenvalue weighted by Crippen LogP contribution is 2.27. The number of hydrogen-bond acceptors (Lipinski definition) is 2. The van der Waals surface area contributed by atoms with Gasteiger partial charge < -0.3 is 10.1 Å². The molecular weight excluding hydrogens is 253 g/mol. The van der Waals surface area contributed by atoms with Crippen molar-refractivity contribution in [2.24, 2.45) is 0 Å². The Balaban J connectivity index is 2.11. The number of hydrogen-bond donors (Lipinski definition) is 1. The second kappa shape index (κ2) is 7.06. The van der Waals surface area contributed by atoms with Crippen molar-refractivity contribution in [3.63, 3.8) is 0 Å². The van der Waals surface area contributed by atoms with Crippen LogP contribution in [0.3, 0.4) is 0 Å². The van der Waals surface area contributed by atoms with E-state index in [1.807, 2.05) is 25.2 Å². The number of nitrogens with one attached hydrogen (secondary N) is 1. The minimum atomic E-state index is -0.226. The van der Waals surface area contributed by atoms with Crippen LogP contribution in [0.15, 0.2) is 48.5 Å². The Morgan fingerprint density at radius 3 is 2.45 bits per heavy atom. The lowest BCUT2D eigenvalue weighted by atomic mass is 10.0. The van der Waals surface area contributed by atoms with E-state index in [1.165, 1.54) is 12.1 Å². The molecule has 2 rings (SSSR count). The Morgan fingerprint density at radius 2 is 1.80 bits per heavy atom. The maximum atomic E-state index is 12.9. The van der Waals surface area contributed by atoms with Gasteiger partial charge in [-0.1, -0.05) is 37.3 Å². The predicted octanol–water partition coefficient (Wildman–Crippen LogP) is 4.08. The van der Waals surface area contributed by atoms with Crippen molar-refractivity contribution >= 4 is 0 Å². The second-order valence-electron chi connectivity index (χ2n) is 4.70. The molecule has 1 N–H and O–H groups in total. The van der Waals surface area contributed by atoms with Crippen LogP contribution in [0.4, 0.5) is 4.39 Å². The van der Waals surface area contributed by atoms with Crippen LogP contribution in [-0.4, -0.2) is 7.05 Å². The van der Waals surface area contributed by atoms with E-state index in [0.717, 1.165) is 23.3 Å². The van der Waals surface area contributed by atoms with Gasteiger partial charge in [0.25, 0.3) is 0 Å². The molecule has 0 bridgehead atoms. The molecule has 0 aromatic heterocycles. The molecular formula is C17H20FNO. The van der Waals surface area contributed by atoms with Crippen molar-refractivity contribution in [1.82, 2.24) is 5.32 Å². The molecule has 2 nitrogen and oxygen atoms in total. The summed E-state index contributed by atoms with van der Waals surface area (Å²) < 4.78 is 18.7. The average molecular weight is 273 g/mol. The third-order valence-electron chi connectivity index (χ3n) is 3.36. The van der Waals surface area contributed by atoms with Gasteiger partial charge in [-0.2, -0.15) is 0 Å². The van der Waals surface area contributed by atoms with Crippen LogP contribution in [0, 0.1) is 5.82 Å². The summed E-state index contributed by atoms with van der Waals surface area (Å²) >= 11 is 0. The van der Waals surface area contributed by atoms with Gasteiger partial charge in [0.2, 0.25) is 0 Å². The zero-order chi connectivity index (χ0) is 14.4. The maximum Gasteiger partial charge on any atom is 0.124 e. The summed E-state index contributed by atoms with van der Waals surface area (Å²) in [6, 6.07) is 14.7. The topological polar surface area (TPSA) is 21.3 Å². The van der Waals surface area contributed by atoms with Gasteiger partial charge in [-0.15, -0.1) is 0 Å². The van der Waals surface area contributed by atoms with Crippen LogP contribution >= 0.6 is 0 Å². The van der Waals surface area contributed by atoms with E-state index < -0.39 is 0 Å². The highest BCUT2D eigenvalue weighted by atomic mass is 19.1. The summed E-state index contributed by atoms with van der Waals surface area (Å²) in [5, 5.41) is 3.28. The molecule has 0 heterocycles. The summed E-state index contributed by atoms with van der Waals surface area (Å²) in [5.41, 5.74) is 2.11. The standard InChI is InChI=1S/C17H20FNO/c1-3-16(19-2)15-6-4-5-7-17(15)20-12-13-8-10-14(18)11-9-13/h4-11,16,19H,3,12H2,1-2H3. The van der Waals surface area contributed by atoms with Gasteiger partial charge in [0.15, 0.2) is 0 Å². The molecule has 106 valence electrons. The van der Waals surface area contributed by atoms with Crippen molar-refractivity contribution in [3.05, 3.63) is 65.5 Å². The zero-order valence-corrected chi connectivity index (χ0v) is 11.9. The minimum absolute atomic E-state index is 0.226. The Labute approximate surface area is 119 Å². The maximum absolute atomic E-state index is 12.9. The van der Waals surface area contributed by atoms with Gasteiger partial charge in [0.1, 0.15) is 18.2 Å². The van der Waals surface area contributed by atoms with Gasteiger partial charge in [-0.3, -0.25) is 0 Å². The molecule has 0 radical (unpaired) electrons. The van der Waals surface area contributed by atoms with Crippen LogP contribution in [0.2, 0.25) is 0 Å². The molecule has 0 saturated heterocycles. The normalized spacial score (nSPS) is 12.2. The molecule has 0 saturated carbocycles. The summed E-state index contributed by atoms with van der Waals surface area (Å²) in [7, 11) is 1.95. The summed E-state index contributed by atoms with van der Waals surface area (Å²) in [5.74, 6) is 0.647. The number of ether oxygens (including phenoxy) is 1. The molecule has 0 fully saturated rings. The predicted molar refractivity (Wildman–Crippen MR) is 79.3 cm³/mol. The van der Waals surface area contributed by atoms with Crippen molar-refractivity contribution in [1.29, 1.82) is 0 Å². The first-order valence-electron chi connectivity index (χ1n) is 6.88. The van der Waals surface area contributed by atoms with Gasteiger partial charge in [0.05, 0.1) is 0 Å². The molecule has 0 amide bonds. The van der Waals surface area contributed by atoms with Crippen LogP contribution < -0.4 is 10.1 Å². The second-order valence-corrected chi connectivity index (χ2v) is 4.70. The van der Waals surface area contributed by atoms with Crippen LogP contribution in [-0.2, 0) is 6.61 Å². The monoisotopic (exact) mass is 273 g/mol. The highest BCUT2D eigenvalue weighted by molar-refractivity contribution is 5.36. The fourth-order valence-corrected chi connectivity index (χ4v) is 2.22. The summed E-state index contributed by atoms with van der Waals surface area (Å²) in [4.78, 5) is 0. The minimum Gasteiger partial charge on any atom is -0.489 e. The SMILES string of the molecule is CCC(NC)c1ccccc1OCc1ccc(F)cc1. The molecule has 2 aromatic rings. The zero-order valence-electron chi connectivity index (χ0n) is 11.9. The van der Waals surface area contributed by atoms with Gasteiger partial charge >= 0.3 is 0 Å². The molecule has 1 atom stereocenters. The lowest BCUT2D eigenvalue weighted by Gasteiger charge is -2.18. The van der Waals surface area contributed by atoms with E-state index in [-0.39, 0.29) is 11.9 Å². The van der Waals surface area contributed by atoms with Crippen molar-refractivity contribution < 1.29 is 9.13 Å². The lowest BCUT2D eigenvalue weighted by Crippen LogP contribution is -2.16. The van der Waals surface area contributed by atoms with E-state index in [4.69, 9.17) is 4.74 Å².